The number of nitrogens with one attached hydrogen (secondary N) is 1. The number of hydrogen-bond acceptors (Lipinski definition) is 4. The molecule has 0 spiro atoms. The summed E-state index contributed by atoms with van der Waals surface area (Å²) in [6, 6.07) is 5.47. The highest BCUT2D eigenvalue weighted by atomic mass is 19.4. The van der Waals surface area contributed by atoms with Crippen LogP contribution in [0.2, 0.25) is 0 Å². The molecule has 0 fully saturated rings. The number of carbonyl (C=O) groups excluding carboxylic acids is 1. The van der Waals surface area contributed by atoms with Crippen molar-refractivity contribution in [3.05, 3.63) is 41.7 Å². The van der Waals surface area contributed by atoms with Gasteiger partial charge in [0.1, 0.15) is 5.56 Å². The van der Waals surface area contributed by atoms with Crippen LogP contribution in [0.3, 0.4) is 0 Å². The van der Waals surface area contributed by atoms with E-state index in [1.165, 1.54) is 24.3 Å². The van der Waals surface area contributed by atoms with Gasteiger partial charge >= 0.3 is 12.1 Å². The van der Waals surface area contributed by atoms with Crippen LogP contribution < -0.4 is 5.32 Å². The Balaban J connectivity index is 2.14. The Morgan fingerprint density at radius 3 is 2.44 bits per heavy atom. The topological polar surface area (TPSA) is 93.5 Å². The molecule has 1 heterocycles. The molecule has 0 saturated carbocycles. The molecule has 146 valence electrons. The Morgan fingerprint density at radius 1 is 1.22 bits per heavy atom. The molecule has 1 aromatic carbocycles. The molecular weight excluding hydrogens is 367 g/mol. The van der Waals surface area contributed by atoms with Crippen LogP contribution in [0.1, 0.15) is 35.3 Å². The maximum absolute atomic E-state index is 13.2. The van der Waals surface area contributed by atoms with Crippen molar-refractivity contribution in [3.63, 3.8) is 0 Å². The molecule has 0 aliphatic rings. The van der Waals surface area contributed by atoms with E-state index in [4.69, 9.17) is 9.84 Å². The molecule has 2 N–H and O–H groups in total. The van der Waals surface area contributed by atoms with Crippen LogP contribution in [0.5, 0.6) is 0 Å². The summed E-state index contributed by atoms with van der Waals surface area (Å²) in [4.78, 5) is 22.8. The summed E-state index contributed by atoms with van der Waals surface area (Å²) in [5.41, 5.74) is -1.87. The van der Waals surface area contributed by atoms with Crippen LogP contribution in [0, 0.1) is 0 Å². The SMILES string of the molecule is COCCCCC(=O)Nc1ccc(-n2ncc(C(=O)O)c2C(F)(F)F)cc1. The average Bonchev–Trinajstić information content (AvgIpc) is 3.05. The molecule has 27 heavy (non-hydrogen) atoms. The Morgan fingerprint density at radius 2 is 1.89 bits per heavy atom. The van der Waals surface area contributed by atoms with Gasteiger partial charge in [0.05, 0.1) is 11.9 Å². The van der Waals surface area contributed by atoms with Crippen LogP contribution in [0.15, 0.2) is 30.5 Å². The summed E-state index contributed by atoms with van der Waals surface area (Å²) in [7, 11) is 1.57. The van der Waals surface area contributed by atoms with Crippen LogP contribution in [-0.4, -0.2) is 40.5 Å². The zero-order chi connectivity index (χ0) is 20.0. The molecule has 1 amide bonds. The van der Waals surface area contributed by atoms with Crippen LogP contribution in [0.25, 0.3) is 5.69 Å². The fourth-order valence-electron chi connectivity index (χ4n) is 2.41. The number of carbonyl (C=O) groups is 2. The first-order valence-corrected chi connectivity index (χ1v) is 8.01. The number of hydrogen-bond donors (Lipinski definition) is 2. The number of benzene rings is 1. The van der Waals surface area contributed by atoms with Crippen molar-refractivity contribution >= 4 is 17.6 Å². The van der Waals surface area contributed by atoms with Gasteiger partial charge in [-0.3, -0.25) is 4.79 Å². The van der Waals surface area contributed by atoms with Gasteiger partial charge in [0.2, 0.25) is 5.91 Å². The Bertz CT molecular complexity index is 801. The summed E-state index contributed by atoms with van der Waals surface area (Å²) < 4.78 is 45.1. The van der Waals surface area contributed by atoms with E-state index in [0.29, 0.717) is 36.0 Å². The standard InChI is InChI=1S/C17H18F3N3O4/c1-27-9-3-2-4-14(24)22-11-5-7-12(8-6-11)23-15(17(18,19)20)13(10-21-23)16(25)26/h5-8,10H,2-4,9H2,1H3,(H,22,24)(H,25,26). The highest BCUT2D eigenvalue weighted by Crippen LogP contribution is 2.33. The van der Waals surface area contributed by atoms with Gasteiger partial charge in [0.15, 0.2) is 5.69 Å². The van der Waals surface area contributed by atoms with Gasteiger partial charge in [-0.2, -0.15) is 18.3 Å². The zero-order valence-electron chi connectivity index (χ0n) is 14.4. The summed E-state index contributed by atoms with van der Waals surface area (Å²) in [6.45, 7) is 0.561. The second kappa shape index (κ2) is 8.67. The minimum absolute atomic E-state index is 0.0212. The highest BCUT2D eigenvalue weighted by molar-refractivity contribution is 5.91. The summed E-state index contributed by atoms with van der Waals surface area (Å²) >= 11 is 0. The van der Waals surface area contributed by atoms with Gasteiger partial charge in [-0.1, -0.05) is 0 Å². The number of ether oxygens (including phenoxy) is 1. The first-order chi connectivity index (χ1) is 12.7. The zero-order valence-corrected chi connectivity index (χ0v) is 14.4. The van der Waals surface area contributed by atoms with Crippen LogP contribution in [-0.2, 0) is 15.7 Å². The summed E-state index contributed by atoms with van der Waals surface area (Å²) in [5, 5.41) is 15.1. The van der Waals surface area contributed by atoms with E-state index in [1.807, 2.05) is 0 Å². The number of amides is 1. The maximum Gasteiger partial charge on any atom is 0.434 e. The summed E-state index contributed by atoms with van der Waals surface area (Å²) in [6.07, 6.45) is -2.54. The van der Waals surface area contributed by atoms with Crippen LogP contribution >= 0.6 is 0 Å². The fraction of sp³-hybridized carbons (Fsp3) is 0.353. The number of anilines is 1. The largest absolute Gasteiger partial charge is 0.478 e. The number of carboxylic acid groups (broad SMARTS) is 1. The van der Waals surface area contributed by atoms with E-state index in [2.05, 4.69) is 10.4 Å². The second-order valence-electron chi connectivity index (χ2n) is 5.67. The molecule has 0 atom stereocenters. The third-order valence-corrected chi connectivity index (χ3v) is 3.67. The highest BCUT2D eigenvalue weighted by Gasteiger charge is 2.40. The molecule has 0 aliphatic carbocycles. The van der Waals surface area contributed by atoms with Gasteiger partial charge in [-0.25, -0.2) is 9.48 Å². The van der Waals surface area contributed by atoms with Gasteiger partial charge in [0.25, 0.3) is 0 Å². The number of alkyl halides is 3. The molecule has 0 bridgehead atoms. The lowest BCUT2D eigenvalue weighted by molar-refractivity contribution is -0.143. The van der Waals surface area contributed by atoms with Crippen molar-refractivity contribution in [2.24, 2.45) is 0 Å². The first kappa shape index (κ1) is 20.4. The molecule has 0 aliphatic heterocycles. The number of unbranched alkanes of at least 4 members (excludes halogenated alkanes) is 1. The molecular formula is C17H18F3N3O4. The molecule has 2 aromatic rings. The smallest absolute Gasteiger partial charge is 0.434 e. The van der Waals surface area contributed by atoms with Crippen molar-refractivity contribution < 1.29 is 32.6 Å². The lowest BCUT2D eigenvalue weighted by Crippen LogP contribution is -2.17. The maximum atomic E-state index is 13.2. The third kappa shape index (κ3) is 5.30. The van der Waals surface area contributed by atoms with Gasteiger partial charge in [0, 0.05) is 25.8 Å². The Labute approximate surface area is 152 Å². The van der Waals surface area contributed by atoms with E-state index in [0.717, 1.165) is 6.42 Å². The molecule has 10 heteroatoms. The number of methoxy groups -OCH3 is 1. The van der Waals surface area contributed by atoms with E-state index >= 15 is 0 Å². The summed E-state index contributed by atoms with van der Waals surface area (Å²) in [5.74, 6) is -1.94. The van der Waals surface area contributed by atoms with E-state index in [1.54, 1.807) is 7.11 Å². The lowest BCUT2D eigenvalue weighted by atomic mass is 10.2. The van der Waals surface area contributed by atoms with E-state index in [-0.39, 0.29) is 11.6 Å². The molecule has 0 saturated heterocycles. The molecule has 1 aromatic heterocycles. The molecule has 7 nitrogen and oxygen atoms in total. The number of rotatable bonds is 8. The number of halogens is 3. The van der Waals surface area contributed by atoms with Crippen molar-refractivity contribution in [2.75, 3.05) is 19.0 Å². The van der Waals surface area contributed by atoms with Crippen molar-refractivity contribution in [1.82, 2.24) is 9.78 Å². The molecule has 0 radical (unpaired) electrons. The first-order valence-electron chi connectivity index (χ1n) is 8.01. The molecule has 2 rings (SSSR count). The number of aromatic nitrogens is 2. The van der Waals surface area contributed by atoms with Gasteiger partial charge in [-0.05, 0) is 37.1 Å². The quantitative estimate of drug-likeness (QED) is 0.680. The monoisotopic (exact) mass is 385 g/mol. The average molecular weight is 385 g/mol. The van der Waals surface area contributed by atoms with E-state index < -0.39 is 23.4 Å². The minimum atomic E-state index is -4.89. The Hall–Kier alpha value is -2.88. The van der Waals surface area contributed by atoms with Crippen molar-refractivity contribution in [3.8, 4) is 5.69 Å². The second-order valence-corrected chi connectivity index (χ2v) is 5.67. The van der Waals surface area contributed by atoms with Crippen LogP contribution in [0.4, 0.5) is 18.9 Å². The minimum Gasteiger partial charge on any atom is -0.478 e. The van der Waals surface area contributed by atoms with Gasteiger partial charge < -0.3 is 15.2 Å². The van der Waals surface area contributed by atoms with E-state index in [9.17, 15) is 22.8 Å². The van der Waals surface area contributed by atoms with Gasteiger partial charge in [-0.15, -0.1) is 0 Å². The number of carboxylic acids is 1. The predicted molar refractivity (Wildman–Crippen MR) is 89.9 cm³/mol. The number of aromatic carboxylic acids is 1. The molecule has 0 unspecified atom stereocenters. The lowest BCUT2D eigenvalue weighted by Gasteiger charge is -2.12. The van der Waals surface area contributed by atoms with Crippen molar-refractivity contribution in [2.45, 2.75) is 25.4 Å². The predicted octanol–water partition coefficient (Wildman–Crippen LogP) is 3.34. The Kier molecular flexibility index (Phi) is 6.56. The fourth-order valence-corrected chi connectivity index (χ4v) is 2.41. The third-order valence-electron chi connectivity index (χ3n) is 3.67. The van der Waals surface area contributed by atoms with Crippen molar-refractivity contribution in [1.29, 1.82) is 0 Å². The normalized spacial score (nSPS) is 11.4. The number of nitrogens with zero attached hydrogens (tertiary/aromatic N) is 2.